The monoisotopic (exact) mass is 362 g/mol. The number of amides is 1. The van der Waals surface area contributed by atoms with Gasteiger partial charge in [0.1, 0.15) is 5.69 Å². The van der Waals surface area contributed by atoms with Gasteiger partial charge >= 0.3 is 0 Å². The third-order valence-electron chi connectivity index (χ3n) is 4.85. The van der Waals surface area contributed by atoms with Gasteiger partial charge in [0.15, 0.2) is 5.82 Å². The summed E-state index contributed by atoms with van der Waals surface area (Å²) in [6.45, 7) is 2.73. The fourth-order valence-electron chi connectivity index (χ4n) is 3.23. The zero-order valence-corrected chi connectivity index (χ0v) is 15.5. The van der Waals surface area contributed by atoms with E-state index in [2.05, 4.69) is 20.1 Å². The molecule has 1 fully saturated rings. The van der Waals surface area contributed by atoms with Crippen LogP contribution in [0, 0.1) is 0 Å². The van der Waals surface area contributed by atoms with E-state index in [9.17, 15) is 4.79 Å². The Kier molecular flexibility index (Phi) is 4.58. The molecular formula is C20H22N6O. The summed E-state index contributed by atoms with van der Waals surface area (Å²) in [5, 5.41) is 9.37. The molecule has 4 rings (SSSR count). The second-order valence-electron chi connectivity index (χ2n) is 6.83. The Hall–Kier alpha value is -3.22. The first-order chi connectivity index (χ1) is 13.1. The molecule has 3 heterocycles. The van der Waals surface area contributed by atoms with Crippen molar-refractivity contribution in [3.05, 3.63) is 54.4 Å². The summed E-state index contributed by atoms with van der Waals surface area (Å²) in [5.74, 6) is 0.825. The second kappa shape index (κ2) is 7.19. The van der Waals surface area contributed by atoms with Crippen LogP contribution in [0.25, 0.3) is 10.9 Å². The molecular weight excluding hydrogens is 340 g/mol. The minimum absolute atomic E-state index is 0.0199. The predicted octanol–water partition coefficient (Wildman–Crippen LogP) is 2.05. The lowest BCUT2D eigenvalue weighted by molar-refractivity contribution is 0.0741. The average molecular weight is 362 g/mol. The molecule has 0 unspecified atom stereocenters. The van der Waals surface area contributed by atoms with Crippen molar-refractivity contribution in [3.63, 3.8) is 0 Å². The van der Waals surface area contributed by atoms with Crippen molar-refractivity contribution in [2.75, 3.05) is 50.1 Å². The molecule has 0 bridgehead atoms. The summed E-state index contributed by atoms with van der Waals surface area (Å²) >= 11 is 0. The molecule has 27 heavy (non-hydrogen) atoms. The number of benzene rings is 1. The molecule has 1 aliphatic heterocycles. The lowest BCUT2D eigenvalue weighted by Crippen LogP contribution is -2.49. The molecule has 3 aromatic rings. The van der Waals surface area contributed by atoms with Crippen LogP contribution in [0.5, 0.6) is 0 Å². The maximum Gasteiger partial charge on any atom is 0.272 e. The van der Waals surface area contributed by atoms with Crippen LogP contribution >= 0.6 is 0 Å². The number of carbonyl (C=O) groups is 1. The molecule has 0 aliphatic carbocycles. The molecule has 0 spiro atoms. The zero-order valence-electron chi connectivity index (χ0n) is 15.5. The van der Waals surface area contributed by atoms with Crippen LogP contribution in [-0.4, -0.2) is 66.3 Å². The van der Waals surface area contributed by atoms with Crippen LogP contribution in [0.15, 0.2) is 48.7 Å². The fraction of sp³-hybridized carbons (Fsp3) is 0.300. The number of hydrogen-bond acceptors (Lipinski definition) is 6. The van der Waals surface area contributed by atoms with E-state index in [1.807, 2.05) is 66.4 Å². The number of para-hydroxylation sites is 1. The smallest absolute Gasteiger partial charge is 0.272 e. The largest absolute Gasteiger partial charge is 0.376 e. The highest BCUT2D eigenvalue weighted by atomic mass is 16.2. The van der Waals surface area contributed by atoms with Crippen LogP contribution in [0.3, 0.4) is 0 Å². The lowest BCUT2D eigenvalue weighted by Gasteiger charge is -2.35. The normalized spacial score (nSPS) is 14.4. The van der Waals surface area contributed by atoms with Crippen LogP contribution in [-0.2, 0) is 0 Å². The minimum atomic E-state index is -0.0199. The second-order valence-corrected chi connectivity index (χ2v) is 6.83. The van der Waals surface area contributed by atoms with Gasteiger partial charge in [0.25, 0.3) is 5.91 Å². The summed E-state index contributed by atoms with van der Waals surface area (Å²) in [6, 6.07) is 13.6. The Bertz CT molecular complexity index is 965. The number of piperazine rings is 1. The lowest BCUT2D eigenvalue weighted by atomic mass is 10.2. The Morgan fingerprint density at radius 1 is 1.04 bits per heavy atom. The fourth-order valence-corrected chi connectivity index (χ4v) is 3.23. The van der Waals surface area contributed by atoms with Crippen molar-refractivity contribution in [2.24, 2.45) is 0 Å². The Morgan fingerprint density at radius 3 is 2.59 bits per heavy atom. The first-order valence-corrected chi connectivity index (χ1v) is 9.02. The number of hydrogen-bond donors (Lipinski definition) is 0. The summed E-state index contributed by atoms with van der Waals surface area (Å²) in [5.41, 5.74) is 2.35. The third-order valence-corrected chi connectivity index (χ3v) is 4.85. The minimum Gasteiger partial charge on any atom is -0.376 e. The van der Waals surface area contributed by atoms with Crippen molar-refractivity contribution in [1.82, 2.24) is 20.1 Å². The zero-order chi connectivity index (χ0) is 18.8. The van der Waals surface area contributed by atoms with E-state index in [1.165, 1.54) is 0 Å². The third kappa shape index (κ3) is 3.53. The Balaban J connectivity index is 1.45. The van der Waals surface area contributed by atoms with Crippen LogP contribution in [0.2, 0.25) is 0 Å². The first-order valence-electron chi connectivity index (χ1n) is 9.02. The molecule has 0 radical (unpaired) electrons. The molecule has 7 nitrogen and oxygen atoms in total. The van der Waals surface area contributed by atoms with E-state index < -0.39 is 0 Å². The molecule has 138 valence electrons. The number of fused-ring (bicyclic) bond motifs is 1. The number of nitrogens with zero attached hydrogens (tertiary/aromatic N) is 6. The summed E-state index contributed by atoms with van der Waals surface area (Å²) in [4.78, 5) is 23.4. The number of anilines is 2. The van der Waals surface area contributed by atoms with Crippen molar-refractivity contribution in [2.45, 2.75) is 0 Å². The van der Waals surface area contributed by atoms with E-state index in [0.29, 0.717) is 18.8 Å². The molecule has 7 heteroatoms. The molecule has 1 saturated heterocycles. The maximum atomic E-state index is 12.8. The number of aromatic nitrogens is 3. The van der Waals surface area contributed by atoms with Gasteiger partial charge in [0.2, 0.25) is 0 Å². The van der Waals surface area contributed by atoms with E-state index in [4.69, 9.17) is 0 Å². The topological polar surface area (TPSA) is 65.5 Å². The summed E-state index contributed by atoms with van der Waals surface area (Å²) in [7, 11) is 3.96. The number of pyridine rings is 1. The molecule has 1 aromatic carbocycles. The van der Waals surface area contributed by atoms with Gasteiger partial charge in [-0.15, -0.1) is 5.10 Å². The van der Waals surface area contributed by atoms with Gasteiger partial charge in [0.05, 0.1) is 17.4 Å². The molecule has 0 saturated carbocycles. The van der Waals surface area contributed by atoms with Crippen LogP contribution in [0.4, 0.5) is 11.5 Å². The SMILES string of the molecule is CN(C)c1cnnc(N2CCN(C(=O)c3ccc4ccccc4n3)CC2)c1. The molecule has 0 N–H and O–H groups in total. The van der Waals surface area contributed by atoms with Gasteiger partial charge in [-0.25, -0.2) is 4.98 Å². The van der Waals surface area contributed by atoms with E-state index in [-0.39, 0.29) is 5.91 Å². The highest BCUT2D eigenvalue weighted by Gasteiger charge is 2.24. The molecule has 1 amide bonds. The molecule has 0 atom stereocenters. The Labute approximate surface area is 158 Å². The predicted molar refractivity (Wildman–Crippen MR) is 106 cm³/mol. The van der Waals surface area contributed by atoms with Gasteiger partial charge in [-0.2, -0.15) is 5.10 Å². The number of rotatable bonds is 3. The molecule has 2 aromatic heterocycles. The van der Waals surface area contributed by atoms with Crippen molar-refractivity contribution in [1.29, 1.82) is 0 Å². The Morgan fingerprint density at radius 2 is 1.81 bits per heavy atom. The van der Waals surface area contributed by atoms with Crippen molar-refractivity contribution < 1.29 is 4.79 Å². The standard InChI is InChI=1S/C20H22N6O/c1-24(2)16-13-19(23-21-14-16)25-9-11-26(12-10-25)20(27)18-8-7-15-5-3-4-6-17(15)22-18/h3-8,13-14H,9-12H2,1-2H3. The van der Waals surface area contributed by atoms with Crippen LogP contribution < -0.4 is 9.80 Å². The van der Waals surface area contributed by atoms with Gasteiger partial charge in [-0.05, 0) is 12.1 Å². The average Bonchev–Trinajstić information content (AvgIpc) is 2.73. The van der Waals surface area contributed by atoms with Gasteiger partial charge in [-0.3, -0.25) is 4.79 Å². The van der Waals surface area contributed by atoms with E-state index in [1.54, 1.807) is 6.20 Å². The summed E-state index contributed by atoms with van der Waals surface area (Å²) < 4.78 is 0. The van der Waals surface area contributed by atoms with Gasteiger partial charge in [0, 0.05) is 51.7 Å². The first kappa shape index (κ1) is 17.2. The highest BCUT2D eigenvalue weighted by molar-refractivity contribution is 5.95. The van der Waals surface area contributed by atoms with Crippen LogP contribution in [0.1, 0.15) is 10.5 Å². The van der Waals surface area contributed by atoms with Crippen molar-refractivity contribution in [3.8, 4) is 0 Å². The quantitative estimate of drug-likeness (QED) is 0.711. The van der Waals surface area contributed by atoms with E-state index >= 15 is 0 Å². The summed E-state index contributed by atoms with van der Waals surface area (Å²) in [6.07, 6.45) is 1.74. The van der Waals surface area contributed by atoms with E-state index in [0.717, 1.165) is 35.5 Å². The highest BCUT2D eigenvalue weighted by Crippen LogP contribution is 2.19. The molecule has 1 aliphatic rings. The maximum absolute atomic E-state index is 12.8. The van der Waals surface area contributed by atoms with Gasteiger partial charge in [-0.1, -0.05) is 24.3 Å². The number of carbonyl (C=O) groups excluding carboxylic acids is 1. The van der Waals surface area contributed by atoms with Gasteiger partial charge < -0.3 is 14.7 Å². The van der Waals surface area contributed by atoms with Crippen molar-refractivity contribution >= 4 is 28.3 Å².